The fourth-order valence-corrected chi connectivity index (χ4v) is 1.82. The van der Waals surface area contributed by atoms with E-state index in [1.165, 1.54) is 5.32 Å². The van der Waals surface area contributed by atoms with Crippen LogP contribution >= 0.6 is 0 Å². The standard InChI is InChI=1S/C15H18F3NO3/c1-14(2,3)10-6-4-9(5-7-10)8-11(12(20)21)19-13(22)15(16,17)18/h4-7,11H,8H2,1-3H3,(H,19,22)(H,20,21)/t11-/m0/s1. The van der Waals surface area contributed by atoms with Crippen molar-refractivity contribution >= 4 is 11.9 Å². The van der Waals surface area contributed by atoms with Crippen molar-refractivity contribution in [3.63, 3.8) is 0 Å². The van der Waals surface area contributed by atoms with Crippen LogP contribution in [0.3, 0.4) is 0 Å². The molecule has 1 aromatic rings. The van der Waals surface area contributed by atoms with Crippen molar-refractivity contribution in [2.24, 2.45) is 0 Å². The SMILES string of the molecule is CC(C)(C)c1ccc(C[C@H](NC(=O)C(F)(F)F)C(=O)O)cc1. The highest BCUT2D eigenvalue weighted by Crippen LogP contribution is 2.22. The Morgan fingerprint density at radius 1 is 1.14 bits per heavy atom. The maximum atomic E-state index is 12.2. The molecule has 0 bridgehead atoms. The molecule has 0 fully saturated rings. The second-order valence-corrected chi connectivity index (χ2v) is 6.01. The molecule has 1 rings (SSSR count). The molecule has 0 radical (unpaired) electrons. The average molecular weight is 317 g/mol. The van der Waals surface area contributed by atoms with E-state index in [4.69, 9.17) is 5.11 Å². The summed E-state index contributed by atoms with van der Waals surface area (Å²) in [6.45, 7) is 6.02. The summed E-state index contributed by atoms with van der Waals surface area (Å²) in [6.07, 6.45) is -5.33. The van der Waals surface area contributed by atoms with Crippen molar-refractivity contribution in [2.75, 3.05) is 0 Å². The molecule has 0 saturated heterocycles. The van der Waals surface area contributed by atoms with Gasteiger partial charge < -0.3 is 10.4 Å². The summed E-state index contributed by atoms with van der Waals surface area (Å²) in [7, 11) is 0. The summed E-state index contributed by atoms with van der Waals surface area (Å²) in [4.78, 5) is 21.9. The molecule has 1 atom stereocenters. The first-order chi connectivity index (χ1) is 9.91. The van der Waals surface area contributed by atoms with Crippen molar-refractivity contribution in [1.29, 1.82) is 0 Å². The van der Waals surface area contributed by atoms with E-state index < -0.39 is 24.1 Å². The molecule has 0 aromatic heterocycles. The topological polar surface area (TPSA) is 66.4 Å². The fourth-order valence-electron chi connectivity index (χ4n) is 1.82. The van der Waals surface area contributed by atoms with Gasteiger partial charge in [0, 0.05) is 6.42 Å². The van der Waals surface area contributed by atoms with Crippen LogP contribution in [0.1, 0.15) is 31.9 Å². The molecule has 2 N–H and O–H groups in total. The fraction of sp³-hybridized carbons (Fsp3) is 0.467. The van der Waals surface area contributed by atoms with Crippen LogP contribution in [0, 0.1) is 0 Å². The van der Waals surface area contributed by atoms with Crippen LogP contribution in [0.25, 0.3) is 0 Å². The molecule has 1 aromatic carbocycles. The van der Waals surface area contributed by atoms with Gasteiger partial charge in [-0.05, 0) is 16.5 Å². The summed E-state index contributed by atoms with van der Waals surface area (Å²) in [6, 6.07) is 5.25. The molecule has 122 valence electrons. The number of hydrogen-bond donors (Lipinski definition) is 2. The maximum absolute atomic E-state index is 12.2. The van der Waals surface area contributed by atoms with Crippen LogP contribution in [-0.2, 0) is 21.4 Å². The van der Waals surface area contributed by atoms with Crippen LogP contribution in [-0.4, -0.2) is 29.2 Å². The quantitative estimate of drug-likeness (QED) is 0.897. The monoisotopic (exact) mass is 317 g/mol. The average Bonchev–Trinajstić information content (AvgIpc) is 2.36. The number of aliphatic carboxylic acids is 1. The van der Waals surface area contributed by atoms with E-state index in [-0.39, 0.29) is 11.8 Å². The number of nitrogens with one attached hydrogen (secondary N) is 1. The van der Waals surface area contributed by atoms with Crippen LogP contribution in [0.5, 0.6) is 0 Å². The molecule has 4 nitrogen and oxygen atoms in total. The Balaban J connectivity index is 2.84. The summed E-state index contributed by atoms with van der Waals surface area (Å²) < 4.78 is 36.6. The number of carbonyl (C=O) groups is 2. The molecule has 0 aliphatic heterocycles. The Morgan fingerprint density at radius 2 is 1.64 bits per heavy atom. The highest BCUT2D eigenvalue weighted by Gasteiger charge is 2.40. The molecular formula is C15H18F3NO3. The third kappa shape index (κ3) is 5.05. The predicted octanol–water partition coefficient (Wildman–Crippen LogP) is 2.66. The summed E-state index contributed by atoms with van der Waals surface area (Å²) in [5.41, 5.74) is 1.46. The van der Waals surface area contributed by atoms with E-state index in [0.717, 1.165) is 5.56 Å². The number of carboxylic acid groups (broad SMARTS) is 1. The summed E-state index contributed by atoms with van der Waals surface area (Å²) in [5, 5.41) is 10.4. The van der Waals surface area contributed by atoms with Crippen LogP contribution in [0.15, 0.2) is 24.3 Å². The zero-order valence-corrected chi connectivity index (χ0v) is 12.5. The van der Waals surface area contributed by atoms with Gasteiger partial charge in [-0.2, -0.15) is 13.2 Å². The smallest absolute Gasteiger partial charge is 0.471 e. The molecule has 1 amide bonds. The van der Waals surface area contributed by atoms with Gasteiger partial charge in [0.15, 0.2) is 0 Å². The first-order valence-corrected chi connectivity index (χ1v) is 6.61. The lowest BCUT2D eigenvalue weighted by Crippen LogP contribution is -2.47. The molecule has 0 aliphatic rings. The van der Waals surface area contributed by atoms with E-state index >= 15 is 0 Å². The first kappa shape index (κ1) is 18.0. The second kappa shape index (κ2) is 6.37. The molecule has 0 unspecified atom stereocenters. The molecule has 22 heavy (non-hydrogen) atoms. The van der Waals surface area contributed by atoms with Crippen LogP contribution < -0.4 is 5.32 Å². The number of halogens is 3. The Bertz CT molecular complexity index is 545. The molecule has 0 saturated carbocycles. The van der Waals surface area contributed by atoms with E-state index in [2.05, 4.69) is 0 Å². The van der Waals surface area contributed by atoms with Crippen LogP contribution in [0.4, 0.5) is 13.2 Å². The number of alkyl halides is 3. The molecular weight excluding hydrogens is 299 g/mol. The number of hydrogen-bond acceptors (Lipinski definition) is 2. The minimum absolute atomic E-state index is 0.0881. The lowest BCUT2D eigenvalue weighted by Gasteiger charge is -2.20. The predicted molar refractivity (Wildman–Crippen MR) is 74.5 cm³/mol. The molecule has 0 aliphatic carbocycles. The first-order valence-electron chi connectivity index (χ1n) is 6.61. The Kier molecular flexibility index (Phi) is 5.22. The lowest BCUT2D eigenvalue weighted by molar-refractivity contribution is -0.175. The van der Waals surface area contributed by atoms with E-state index in [0.29, 0.717) is 5.56 Å². The third-order valence-electron chi connectivity index (χ3n) is 3.12. The summed E-state index contributed by atoms with van der Waals surface area (Å²) >= 11 is 0. The number of rotatable bonds is 4. The molecule has 7 heteroatoms. The number of amides is 1. The van der Waals surface area contributed by atoms with Crippen molar-refractivity contribution in [3.05, 3.63) is 35.4 Å². The van der Waals surface area contributed by atoms with Crippen molar-refractivity contribution < 1.29 is 27.9 Å². The molecule has 0 spiro atoms. The zero-order chi connectivity index (χ0) is 17.1. The van der Waals surface area contributed by atoms with Gasteiger partial charge in [-0.3, -0.25) is 4.79 Å². The van der Waals surface area contributed by atoms with E-state index in [1.807, 2.05) is 20.8 Å². The van der Waals surface area contributed by atoms with Gasteiger partial charge >= 0.3 is 18.1 Å². The van der Waals surface area contributed by atoms with Gasteiger partial charge in [-0.25, -0.2) is 4.79 Å². The van der Waals surface area contributed by atoms with E-state index in [1.54, 1.807) is 24.3 Å². The van der Waals surface area contributed by atoms with Crippen LogP contribution in [0.2, 0.25) is 0 Å². The zero-order valence-electron chi connectivity index (χ0n) is 12.5. The minimum atomic E-state index is -5.11. The number of benzene rings is 1. The van der Waals surface area contributed by atoms with Gasteiger partial charge in [-0.15, -0.1) is 0 Å². The maximum Gasteiger partial charge on any atom is 0.471 e. The second-order valence-electron chi connectivity index (χ2n) is 6.01. The summed E-state index contributed by atoms with van der Waals surface area (Å²) in [5.74, 6) is -3.77. The Morgan fingerprint density at radius 3 is 2.00 bits per heavy atom. The number of carbonyl (C=O) groups excluding carboxylic acids is 1. The Hall–Kier alpha value is -2.05. The van der Waals surface area contributed by atoms with Gasteiger partial charge in [-0.1, -0.05) is 45.0 Å². The van der Waals surface area contributed by atoms with Gasteiger partial charge in [0.05, 0.1) is 0 Å². The minimum Gasteiger partial charge on any atom is -0.480 e. The van der Waals surface area contributed by atoms with E-state index in [9.17, 15) is 22.8 Å². The normalized spacial score (nSPS) is 13.5. The van der Waals surface area contributed by atoms with Gasteiger partial charge in [0.25, 0.3) is 0 Å². The Labute approximate surface area is 126 Å². The van der Waals surface area contributed by atoms with Crippen molar-refractivity contribution in [3.8, 4) is 0 Å². The van der Waals surface area contributed by atoms with Gasteiger partial charge in [0.2, 0.25) is 0 Å². The van der Waals surface area contributed by atoms with Gasteiger partial charge in [0.1, 0.15) is 6.04 Å². The lowest BCUT2D eigenvalue weighted by atomic mass is 9.86. The molecule has 0 heterocycles. The highest BCUT2D eigenvalue weighted by atomic mass is 19.4. The van der Waals surface area contributed by atoms with Crippen molar-refractivity contribution in [1.82, 2.24) is 5.32 Å². The largest absolute Gasteiger partial charge is 0.480 e. The highest BCUT2D eigenvalue weighted by molar-refractivity contribution is 5.87. The third-order valence-corrected chi connectivity index (χ3v) is 3.12. The number of carboxylic acids is 1. The van der Waals surface area contributed by atoms with Crippen molar-refractivity contribution in [2.45, 2.75) is 44.8 Å².